The van der Waals surface area contributed by atoms with Crippen molar-refractivity contribution < 1.29 is 47.9 Å². The second-order valence-corrected chi connectivity index (χ2v) is 17.3. The first-order chi connectivity index (χ1) is 31.4. The van der Waals surface area contributed by atoms with Gasteiger partial charge in [-0.3, -0.25) is 4.90 Å². The zero-order valence-corrected chi connectivity index (χ0v) is 36.7. The molecule has 4 aliphatic rings. The molecule has 2 fully saturated rings. The Labute approximate surface area is 375 Å². The molecule has 0 radical (unpaired) electrons. The van der Waals surface area contributed by atoms with Crippen molar-refractivity contribution in [2.75, 3.05) is 33.5 Å². The van der Waals surface area contributed by atoms with Gasteiger partial charge in [0.05, 0.1) is 38.5 Å². The van der Waals surface area contributed by atoms with Crippen LogP contribution in [0.15, 0.2) is 114 Å². The van der Waals surface area contributed by atoms with Crippen molar-refractivity contribution in [3.05, 3.63) is 132 Å². The molecule has 7 unspecified atom stereocenters. The second-order valence-electron chi connectivity index (χ2n) is 17.3. The number of allylic oxidation sites excluding steroid dienone is 1. The lowest BCUT2D eigenvalue weighted by molar-refractivity contribution is -0.256. The Morgan fingerprint density at radius 3 is 2.53 bits per heavy atom. The molecule has 1 saturated carbocycles. The number of aliphatic hydroxyl groups is 2. The molecule has 4 aromatic carbocycles. The predicted octanol–water partition coefficient (Wildman–Crippen LogP) is 9.99. The number of hydrogen-bond acceptors (Lipinski definition) is 10. The van der Waals surface area contributed by atoms with Crippen molar-refractivity contribution in [3.63, 3.8) is 0 Å². The Morgan fingerprint density at radius 2 is 1.75 bits per heavy atom. The lowest BCUT2D eigenvalue weighted by Crippen LogP contribution is -2.70. The van der Waals surface area contributed by atoms with E-state index in [4.69, 9.17) is 33.7 Å². The number of ether oxygens (including phenoxy) is 5. The summed E-state index contributed by atoms with van der Waals surface area (Å²) in [6.45, 7) is 5.12. The molecule has 2 N–H and O–H groups in total. The van der Waals surface area contributed by atoms with Gasteiger partial charge in [0.2, 0.25) is 12.1 Å². The molecular formula is C52H61FN2O9. The van der Waals surface area contributed by atoms with Crippen LogP contribution in [0.2, 0.25) is 0 Å². The van der Waals surface area contributed by atoms with Gasteiger partial charge in [0, 0.05) is 43.1 Å². The van der Waals surface area contributed by atoms with Crippen molar-refractivity contribution in [1.82, 2.24) is 4.90 Å². The highest BCUT2D eigenvalue weighted by molar-refractivity contribution is 6.03. The highest BCUT2D eigenvalue weighted by Gasteiger charge is 2.65. The average Bonchev–Trinajstić information content (AvgIpc) is 3.33. The van der Waals surface area contributed by atoms with Crippen LogP contribution in [-0.2, 0) is 32.2 Å². The number of oxime groups is 1. The maximum absolute atomic E-state index is 14.8. The third kappa shape index (κ3) is 9.56. The molecule has 340 valence electrons. The van der Waals surface area contributed by atoms with E-state index < -0.39 is 30.1 Å². The largest absolute Gasteiger partial charge is 0.489 e. The number of benzene rings is 4. The van der Waals surface area contributed by atoms with Crippen LogP contribution in [0, 0.1) is 23.6 Å². The zero-order chi connectivity index (χ0) is 44.5. The van der Waals surface area contributed by atoms with Crippen LogP contribution in [-0.4, -0.2) is 78.6 Å². The molecule has 2 heterocycles. The Balaban J connectivity index is 1.33. The van der Waals surface area contributed by atoms with E-state index in [0.717, 1.165) is 66.0 Å². The number of rotatable bonds is 19. The normalized spacial score (nSPS) is 25.4. The molecule has 12 heteroatoms. The number of fused-ring (bicyclic) bond motifs is 3. The van der Waals surface area contributed by atoms with Gasteiger partial charge in [0.25, 0.3) is 0 Å². The number of nitrogens with zero attached hydrogens (tertiary/aromatic N) is 2. The molecule has 4 aromatic rings. The molecule has 1 amide bonds. The first-order valence-electron chi connectivity index (χ1n) is 22.9. The first-order valence-corrected chi connectivity index (χ1v) is 22.9. The van der Waals surface area contributed by atoms with Gasteiger partial charge in [-0.05, 0) is 96.5 Å². The summed E-state index contributed by atoms with van der Waals surface area (Å²) in [5.41, 5.74) is 3.84. The molecule has 2 aliphatic heterocycles. The molecule has 0 bridgehead atoms. The SMILES string of the molecule is C=CCOC12Oc3ccc(OCc4ccccc4F)cc3C3C(CCCCO)C(CCCCO)C=C(C(=NOC4CCCCO4)CC1N(Cc1cccc4ccccc14)C(=O)OC)C32. The minimum absolute atomic E-state index is 0.00223. The second kappa shape index (κ2) is 21.1. The molecular weight excluding hydrogens is 816 g/mol. The van der Waals surface area contributed by atoms with E-state index in [1.165, 1.54) is 13.2 Å². The molecule has 2 aliphatic carbocycles. The zero-order valence-electron chi connectivity index (χ0n) is 36.7. The Hall–Kier alpha value is -5.27. The summed E-state index contributed by atoms with van der Waals surface area (Å²) >= 11 is 0. The van der Waals surface area contributed by atoms with Crippen LogP contribution in [0.4, 0.5) is 9.18 Å². The number of carbonyl (C=O) groups is 1. The van der Waals surface area contributed by atoms with Crippen LogP contribution in [0.25, 0.3) is 10.8 Å². The van der Waals surface area contributed by atoms with Crippen LogP contribution < -0.4 is 9.47 Å². The fourth-order valence-corrected chi connectivity index (χ4v) is 10.5. The van der Waals surface area contributed by atoms with Crippen molar-refractivity contribution in [1.29, 1.82) is 0 Å². The van der Waals surface area contributed by atoms with Gasteiger partial charge in [0.1, 0.15) is 30.0 Å². The Morgan fingerprint density at radius 1 is 0.969 bits per heavy atom. The van der Waals surface area contributed by atoms with E-state index in [1.807, 2.05) is 42.5 Å². The summed E-state index contributed by atoms with van der Waals surface area (Å²) in [5.74, 6) is -1.48. The highest BCUT2D eigenvalue weighted by atomic mass is 19.1. The van der Waals surface area contributed by atoms with Gasteiger partial charge in [-0.1, -0.05) is 90.8 Å². The van der Waals surface area contributed by atoms with Gasteiger partial charge < -0.3 is 38.7 Å². The smallest absolute Gasteiger partial charge is 0.410 e. The van der Waals surface area contributed by atoms with E-state index in [-0.39, 0.29) is 63.0 Å². The van der Waals surface area contributed by atoms with Crippen molar-refractivity contribution in [2.24, 2.45) is 22.9 Å². The summed E-state index contributed by atoms with van der Waals surface area (Å²) in [4.78, 5) is 22.5. The monoisotopic (exact) mass is 876 g/mol. The lowest BCUT2D eigenvalue weighted by Gasteiger charge is -2.59. The molecule has 11 nitrogen and oxygen atoms in total. The standard InChI is InChI=1S/C52H61FN2O9/c1-3-28-62-52-47(55(51(58)59-2)33-37-19-14-18-35-15-4-6-20-40(35)37)32-45(54-64-48-23-10-13-29-60-48)42-30-36(16-8-11-26-56)41(21-9-12-27-57)49(50(42)52)43-31-39(24-25-46(43)63-52)61-34-38-17-5-7-22-44(38)53/h3-7,14-15,17-20,22,24-25,30-31,36,41,47-50,56-57H,1,8-13,16,21,23,26-29,32-34H2,2H3. The number of hydrogen-bond donors (Lipinski definition) is 2. The average molecular weight is 877 g/mol. The number of unbranched alkanes of at least 4 members (excludes halogenated alkanes) is 2. The quantitative estimate of drug-likeness (QED) is 0.0538. The Kier molecular flexibility index (Phi) is 15.0. The fraction of sp³-hybridized carbons (Fsp3) is 0.462. The summed E-state index contributed by atoms with van der Waals surface area (Å²) in [7, 11) is 1.39. The molecule has 0 aromatic heterocycles. The van der Waals surface area contributed by atoms with E-state index in [1.54, 1.807) is 29.2 Å². The van der Waals surface area contributed by atoms with E-state index >= 15 is 0 Å². The number of carbonyl (C=O) groups excluding carboxylic acids is 1. The topological polar surface area (TPSA) is 129 Å². The number of amides is 1. The van der Waals surface area contributed by atoms with Gasteiger partial charge in [-0.25, -0.2) is 9.18 Å². The number of halogens is 1. The van der Waals surface area contributed by atoms with E-state index in [2.05, 4.69) is 30.9 Å². The van der Waals surface area contributed by atoms with Gasteiger partial charge in [-0.15, -0.1) is 6.58 Å². The third-order valence-corrected chi connectivity index (χ3v) is 13.4. The van der Waals surface area contributed by atoms with Crippen LogP contribution in [0.5, 0.6) is 11.5 Å². The van der Waals surface area contributed by atoms with Crippen LogP contribution in [0.3, 0.4) is 0 Å². The van der Waals surface area contributed by atoms with Gasteiger partial charge in [-0.2, -0.15) is 0 Å². The van der Waals surface area contributed by atoms with Gasteiger partial charge in [0.15, 0.2) is 0 Å². The molecule has 1 saturated heterocycles. The third-order valence-electron chi connectivity index (χ3n) is 13.4. The summed E-state index contributed by atoms with van der Waals surface area (Å²) in [6, 6.07) is 25.7. The predicted molar refractivity (Wildman–Crippen MR) is 242 cm³/mol. The van der Waals surface area contributed by atoms with Gasteiger partial charge >= 0.3 is 6.09 Å². The highest BCUT2D eigenvalue weighted by Crippen LogP contribution is 2.62. The maximum Gasteiger partial charge on any atom is 0.410 e. The summed E-state index contributed by atoms with van der Waals surface area (Å²) < 4.78 is 47.3. The minimum atomic E-state index is -1.49. The molecule has 0 spiro atoms. The first kappa shape index (κ1) is 45.3. The van der Waals surface area contributed by atoms with Crippen LogP contribution >= 0.6 is 0 Å². The van der Waals surface area contributed by atoms with E-state index in [0.29, 0.717) is 48.6 Å². The maximum atomic E-state index is 14.8. The van der Waals surface area contributed by atoms with Crippen LogP contribution in [0.1, 0.15) is 86.8 Å². The molecule has 7 atom stereocenters. The minimum Gasteiger partial charge on any atom is -0.489 e. The summed E-state index contributed by atoms with van der Waals surface area (Å²) in [6.07, 6.45) is 10.2. The molecule has 8 rings (SSSR count). The van der Waals surface area contributed by atoms with Crippen molar-refractivity contribution >= 4 is 22.6 Å². The van der Waals surface area contributed by atoms with Crippen molar-refractivity contribution in [2.45, 2.75) is 101 Å². The number of aliphatic hydroxyl groups excluding tert-OH is 2. The van der Waals surface area contributed by atoms with Crippen molar-refractivity contribution in [3.8, 4) is 11.5 Å². The number of methoxy groups -OCH3 is 1. The fourth-order valence-electron chi connectivity index (χ4n) is 10.5. The Bertz CT molecular complexity index is 2290. The molecule has 64 heavy (non-hydrogen) atoms. The summed E-state index contributed by atoms with van der Waals surface area (Å²) in [5, 5.41) is 27.0. The van der Waals surface area contributed by atoms with E-state index in [9.17, 15) is 19.4 Å². The lowest BCUT2D eigenvalue weighted by atomic mass is 9.55.